The Kier molecular flexibility index (Phi) is 5.80. The molecule has 2 rings (SSSR count). The molecule has 1 aromatic carbocycles. The van der Waals surface area contributed by atoms with Crippen LogP contribution in [0, 0.1) is 6.92 Å². The van der Waals surface area contributed by atoms with Gasteiger partial charge in [-0.3, -0.25) is 4.79 Å². The number of halogens is 1. The number of amides is 1. The van der Waals surface area contributed by atoms with Gasteiger partial charge in [0.25, 0.3) is 5.91 Å². The van der Waals surface area contributed by atoms with Crippen LogP contribution in [0.4, 0.5) is 0 Å². The van der Waals surface area contributed by atoms with Gasteiger partial charge in [-0.2, -0.15) is 0 Å². The zero-order valence-corrected chi connectivity index (χ0v) is 15.4. The molecule has 1 amide bonds. The molecule has 1 heterocycles. The predicted molar refractivity (Wildman–Crippen MR) is 97.4 cm³/mol. The van der Waals surface area contributed by atoms with E-state index in [2.05, 4.69) is 4.98 Å². The molecule has 1 aromatic heterocycles. The van der Waals surface area contributed by atoms with Crippen molar-refractivity contribution in [3.8, 4) is 0 Å². The summed E-state index contributed by atoms with van der Waals surface area (Å²) in [4.78, 5) is 29.6. The van der Waals surface area contributed by atoms with E-state index in [1.54, 1.807) is 18.9 Å². The van der Waals surface area contributed by atoms with Crippen LogP contribution in [0.15, 0.2) is 36.4 Å². The summed E-state index contributed by atoms with van der Waals surface area (Å²) < 4.78 is 0. The van der Waals surface area contributed by atoms with Gasteiger partial charge in [0.05, 0.1) is 11.3 Å². The average molecular weight is 361 g/mol. The second-order valence-corrected chi connectivity index (χ2v) is 6.57. The Morgan fingerprint density at radius 3 is 2.24 bits per heavy atom. The number of aromatic nitrogens is 1. The van der Waals surface area contributed by atoms with Gasteiger partial charge in [-0.1, -0.05) is 30.7 Å². The summed E-state index contributed by atoms with van der Waals surface area (Å²) in [5.41, 5.74) is 1.74. The molecule has 0 saturated heterocycles. The summed E-state index contributed by atoms with van der Waals surface area (Å²) in [6.45, 7) is 5.60. The van der Waals surface area contributed by atoms with Crippen molar-refractivity contribution in [1.29, 1.82) is 0 Å². The number of carboxylic acids is 1. The highest BCUT2D eigenvalue weighted by molar-refractivity contribution is 6.30. The van der Waals surface area contributed by atoms with Gasteiger partial charge in [-0.15, -0.1) is 0 Å². The van der Waals surface area contributed by atoms with Crippen LogP contribution >= 0.6 is 11.6 Å². The SMILES string of the molecule is Cc1nc(C(=O)N(C)C(C)C(C)c2ccc(Cl)cc2)ccc1C(=O)O. The standard InChI is InChI=1S/C19H21ClN2O3/c1-11(14-5-7-15(20)8-6-14)13(3)22(4)18(23)17-10-9-16(19(24)25)12(2)21-17/h5-11,13H,1-4H3,(H,24,25). The van der Waals surface area contributed by atoms with Crippen molar-refractivity contribution in [2.75, 3.05) is 7.05 Å². The highest BCUT2D eigenvalue weighted by atomic mass is 35.5. The third-order valence-corrected chi connectivity index (χ3v) is 4.84. The summed E-state index contributed by atoms with van der Waals surface area (Å²) in [5.74, 6) is -1.19. The highest BCUT2D eigenvalue weighted by Crippen LogP contribution is 2.24. The molecule has 6 heteroatoms. The van der Waals surface area contributed by atoms with Crippen LogP contribution in [0.3, 0.4) is 0 Å². The van der Waals surface area contributed by atoms with Crippen LogP contribution in [-0.4, -0.2) is 40.0 Å². The molecule has 132 valence electrons. The van der Waals surface area contributed by atoms with E-state index < -0.39 is 5.97 Å². The minimum Gasteiger partial charge on any atom is -0.478 e. The number of carbonyl (C=O) groups excluding carboxylic acids is 1. The number of hydrogen-bond donors (Lipinski definition) is 1. The summed E-state index contributed by atoms with van der Waals surface area (Å²) in [6.07, 6.45) is 0. The third-order valence-electron chi connectivity index (χ3n) is 4.59. The van der Waals surface area contributed by atoms with Crippen LogP contribution in [-0.2, 0) is 0 Å². The first kappa shape index (κ1) is 18.9. The number of pyridine rings is 1. The molecule has 0 aliphatic rings. The first-order valence-electron chi connectivity index (χ1n) is 7.96. The lowest BCUT2D eigenvalue weighted by Crippen LogP contribution is -2.38. The van der Waals surface area contributed by atoms with E-state index in [9.17, 15) is 9.59 Å². The normalized spacial score (nSPS) is 13.2. The first-order valence-corrected chi connectivity index (χ1v) is 8.33. The Morgan fingerprint density at radius 2 is 1.72 bits per heavy atom. The number of carboxylic acid groups (broad SMARTS) is 1. The maximum atomic E-state index is 12.7. The first-order chi connectivity index (χ1) is 11.7. The maximum absolute atomic E-state index is 12.7. The van der Waals surface area contributed by atoms with E-state index >= 15 is 0 Å². The van der Waals surface area contributed by atoms with Crippen molar-refractivity contribution in [1.82, 2.24) is 9.88 Å². The number of benzene rings is 1. The number of hydrogen-bond acceptors (Lipinski definition) is 3. The topological polar surface area (TPSA) is 70.5 Å². The van der Waals surface area contributed by atoms with Gasteiger partial charge in [0.2, 0.25) is 0 Å². The molecule has 0 fully saturated rings. The zero-order chi connectivity index (χ0) is 18.7. The second-order valence-electron chi connectivity index (χ2n) is 6.13. The molecule has 2 atom stereocenters. The van der Waals surface area contributed by atoms with E-state index in [0.29, 0.717) is 10.7 Å². The minimum atomic E-state index is -1.05. The molecule has 2 aromatic rings. The molecule has 0 aliphatic carbocycles. The van der Waals surface area contributed by atoms with Crippen molar-refractivity contribution in [2.24, 2.45) is 0 Å². The minimum absolute atomic E-state index is 0.0741. The molecule has 0 aliphatic heterocycles. The van der Waals surface area contributed by atoms with Gasteiger partial charge >= 0.3 is 5.97 Å². The number of aromatic carboxylic acids is 1. The lowest BCUT2D eigenvalue weighted by Gasteiger charge is -2.30. The summed E-state index contributed by atoms with van der Waals surface area (Å²) in [5, 5.41) is 9.74. The predicted octanol–water partition coefficient (Wildman–Crippen LogP) is 4.01. The Balaban J connectivity index is 2.19. The zero-order valence-electron chi connectivity index (χ0n) is 14.7. The van der Waals surface area contributed by atoms with Gasteiger partial charge in [0.15, 0.2) is 0 Å². The molecular formula is C19H21ClN2O3. The number of likely N-dealkylation sites (N-methyl/N-ethyl adjacent to an activating group) is 1. The van der Waals surface area contributed by atoms with Crippen molar-refractivity contribution in [3.05, 3.63) is 63.9 Å². The molecular weight excluding hydrogens is 340 g/mol. The molecule has 0 spiro atoms. The number of carbonyl (C=O) groups is 2. The lowest BCUT2D eigenvalue weighted by molar-refractivity contribution is 0.0688. The van der Waals surface area contributed by atoms with Crippen LogP contribution < -0.4 is 0 Å². The summed E-state index contributed by atoms with van der Waals surface area (Å²) in [7, 11) is 1.72. The lowest BCUT2D eigenvalue weighted by atomic mass is 9.93. The van der Waals surface area contributed by atoms with E-state index in [1.165, 1.54) is 12.1 Å². The van der Waals surface area contributed by atoms with E-state index in [4.69, 9.17) is 16.7 Å². The van der Waals surface area contributed by atoms with Crippen LogP contribution in [0.5, 0.6) is 0 Å². The van der Waals surface area contributed by atoms with Crippen molar-refractivity contribution in [3.63, 3.8) is 0 Å². The van der Waals surface area contributed by atoms with Gasteiger partial charge in [-0.25, -0.2) is 9.78 Å². The monoisotopic (exact) mass is 360 g/mol. The van der Waals surface area contributed by atoms with Crippen molar-refractivity contribution in [2.45, 2.75) is 32.7 Å². The summed E-state index contributed by atoms with van der Waals surface area (Å²) >= 11 is 5.92. The third kappa shape index (κ3) is 4.17. The van der Waals surface area contributed by atoms with E-state index in [-0.39, 0.29) is 29.1 Å². The Morgan fingerprint density at radius 1 is 1.12 bits per heavy atom. The van der Waals surface area contributed by atoms with Crippen LogP contribution in [0.2, 0.25) is 5.02 Å². The Bertz CT molecular complexity index is 790. The molecule has 2 unspecified atom stereocenters. The fourth-order valence-electron chi connectivity index (χ4n) is 2.65. The molecule has 25 heavy (non-hydrogen) atoms. The van der Waals surface area contributed by atoms with Crippen molar-refractivity contribution >= 4 is 23.5 Å². The fourth-order valence-corrected chi connectivity index (χ4v) is 2.78. The number of rotatable bonds is 5. The van der Waals surface area contributed by atoms with Gasteiger partial charge in [-0.05, 0) is 43.7 Å². The highest BCUT2D eigenvalue weighted by Gasteiger charge is 2.25. The Hall–Kier alpha value is -2.40. The quantitative estimate of drug-likeness (QED) is 0.874. The molecule has 0 radical (unpaired) electrons. The average Bonchev–Trinajstić information content (AvgIpc) is 2.59. The van der Waals surface area contributed by atoms with E-state index in [0.717, 1.165) is 5.56 Å². The van der Waals surface area contributed by atoms with Crippen molar-refractivity contribution < 1.29 is 14.7 Å². The molecule has 1 N–H and O–H groups in total. The maximum Gasteiger partial charge on any atom is 0.337 e. The second kappa shape index (κ2) is 7.66. The molecule has 0 bridgehead atoms. The smallest absolute Gasteiger partial charge is 0.337 e. The van der Waals surface area contributed by atoms with Crippen LogP contribution in [0.1, 0.15) is 51.9 Å². The molecule has 0 saturated carbocycles. The van der Waals surface area contributed by atoms with Crippen LogP contribution in [0.25, 0.3) is 0 Å². The fraction of sp³-hybridized carbons (Fsp3) is 0.316. The van der Waals surface area contributed by atoms with Gasteiger partial charge in [0.1, 0.15) is 5.69 Å². The van der Waals surface area contributed by atoms with Gasteiger partial charge < -0.3 is 10.0 Å². The Labute approximate surface area is 152 Å². The number of aryl methyl sites for hydroxylation is 1. The number of nitrogens with zero attached hydrogens (tertiary/aromatic N) is 2. The van der Waals surface area contributed by atoms with Gasteiger partial charge in [0, 0.05) is 24.0 Å². The summed E-state index contributed by atoms with van der Waals surface area (Å²) in [6, 6.07) is 10.4. The molecule has 5 nitrogen and oxygen atoms in total. The largest absolute Gasteiger partial charge is 0.478 e. The van der Waals surface area contributed by atoms with E-state index in [1.807, 2.05) is 38.1 Å².